The minimum Gasteiger partial charge on any atom is -0.493 e. The van der Waals surface area contributed by atoms with Crippen LogP contribution >= 0.6 is 0 Å². The molecule has 0 spiro atoms. The van der Waals surface area contributed by atoms with E-state index in [0.29, 0.717) is 12.2 Å². The molecule has 3 heteroatoms. The lowest BCUT2D eigenvalue weighted by Crippen LogP contribution is -1.97. The first-order valence-corrected chi connectivity index (χ1v) is 5.75. The number of carbonyl (C=O) groups is 2. The molecule has 0 radical (unpaired) electrons. The minimum absolute atomic E-state index is 0.664. The Morgan fingerprint density at radius 3 is 2.35 bits per heavy atom. The second-order valence-electron chi connectivity index (χ2n) is 2.99. The van der Waals surface area contributed by atoms with Crippen molar-refractivity contribution in [2.75, 3.05) is 6.61 Å². The summed E-state index contributed by atoms with van der Waals surface area (Å²) in [6.45, 7) is 10.7. The van der Waals surface area contributed by atoms with Crippen LogP contribution in [0.1, 0.15) is 43.1 Å². The fourth-order valence-electron chi connectivity index (χ4n) is 1.06. The minimum atomic E-state index is 0.664. The summed E-state index contributed by atoms with van der Waals surface area (Å²) in [7, 11) is 0. The second kappa shape index (κ2) is 12.4. The highest BCUT2D eigenvalue weighted by Crippen LogP contribution is 2.18. The zero-order chi connectivity index (χ0) is 13.7. The van der Waals surface area contributed by atoms with E-state index in [1.54, 1.807) is 12.1 Å². The largest absolute Gasteiger partial charge is 0.493 e. The van der Waals surface area contributed by atoms with Crippen LogP contribution in [0.2, 0.25) is 0 Å². The van der Waals surface area contributed by atoms with Crippen LogP contribution < -0.4 is 4.74 Å². The van der Waals surface area contributed by atoms with E-state index in [1.807, 2.05) is 33.6 Å². The normalized spacial score (nSPS) is 8.00. The maximum Gasteiger partial charge on any atom is 0.150 e. The summed E-state index contributed by atoms with van der Waals surface area (Å²) in [4.78, 5) is 18.5. The monoisotopic (exact) mass is 238 g/mol. The van der Waals surface area contributed by atoms with E-state index in [-0.39, 0.29) is 0 Å². The summed E-state index contributed by atoms with van der Waals surface area (Å²) in [5.41, 5.74) is 1.73. The maximum atomic E-state index is 10.5. The van der Waals surface area contributed by atoms with Gasteiger partial charge in [-0.3, -0.25) is 4.79 Å². The zero-order valence-corrected chi connectivity index (χ0v) is 11.2. The summed E-state index contributed by atoms with van der Waals surface area (Å²) in [6.07, 6.45) is 1.81. The Morgan fingerprint density at radius 1 is 1.29 bits per heavy atom. The van der Waals surface area contributed by atoms with Crippen LogP contribution in [0.3, 0.4) is 0 Å². The van der Waals surface area contributed by atoms with Gasteiger partial charge in [0.1, 0.15) is 18.8 Å². The van der Waals surface area contributed by atoms with E-state index in [0.717, 1.165) is 24.0 Å². The molecular formula is C14H22O3. The van der Waals surface area contributed by atoms with Crippen LogP contribution in [-0.2, 0) is 4.79 Å². The van der Waals surface area contributed by atoms with E-state index < -0.39 is 0 Å². The lowest BCUT2D eigenvalue weighted by Gasteiger charge is -2.07. The molecule has 17 heavy (non-hydrogen) atoms. The lowest BCUT2D eigenvalue weighted by atomic mass is 10.1. The van der Waals surface area contributed by atoms with E-state index in [1.165, 1.54) is 0 Å². The van der Waals surface area contributed by atoms with E-state index in [4.69, 9.17) is 9.53 Å². The van der Waals surface area contributed by atoms with Gasteiger partial charge in [0.05, 0.1) is 6.61 Å². The van der Waals surface area contributed by atoms with Crippen LogP contribution in [0.15, 0.2) is 18.2 Å². The molecule has 0 saturated carbocycles. The number of benzene rings is 1. The number of rotatable bonds is 4. The smallest absolute Gasteiger partial charge is 0.150 e. The molecule has 0 amide bonds. The van der Waals surface area contributed by atoms with Crippen molar-refractivity contribution in [3.63, 3.8) is 0 Å². The third-order valence-electron chi connectivity index (χ3n) is 1.81. The molecule has 0 bridgehead atoms. The molecule has 0 aliphatic carbocycles. The van der Waals surface area contributed by atoms with Gasteiger partial charge in [-0.1, -0.05) is 32.9 Å². The molecule has 3 nitrogen and oxygen atoms in total. The summed E-state index contributed by atoms with van der Waals surface area (Å²) in [5, 5.41) is 0. The molecule has 96 valence electrons. The Hall–Kier alpha value is -1.64. The van der Waals surface area contributed by atoms with E-state index >= 15 is 0 Å². The highest BCUT2D eigenvalue weighted by atomic mass is 16.5. The van der Waals surface area contributed by atoms with Crippen molar-refractivity contribution in [2.24, 2.45) is 0 Å². The first kappa shape index (κ1) is 17.7. The van der Waals surface area contributed by atoms with Gasteiger partial charge in [-0.2, -0.15) is 0 Å². The first-order valence-electron chi connectivity index (χ1n) is 5.75. The quantitative estimate of drug-likeness (QED) is 0.755. The molecule has 0 fully saturated rings. The third kappa shape index (κ3) is 7.28. The van der Waals surface area contributed by atoms with Crippen LogP contribution in [0, 0.1) is 6.92 Å². The van der Waals surface area contributed by atoms with Crippen LogP contribution in [0.25, 0.3) is 0 Å². The average Bonchev–Trinajstić information content (AvgIpc) is 2.42. The topological polar surface area (TPSA) is 43.4 Å². The summed E-state index contributed by atoms with van der Waals surface area (Å²) in [6, 6.07) is 5.47. The Labute approximate surface area is 104 Å². The van der Waals surface area contributed by atoms with Crippen molar-refractivity contribution >= 4 is 13.1 Å². The van der Waals surface area contributed by atoms with Crippen LogP contribution in [0.5, 0.6) is 5.75 Å². The van der Waals surface area contributed by atoms with Gasteiger partial charge in [0, 0.05) is 5.56 Å². The standard InChI is InChI=1S/C11H14O2.C2H6.CH2O/c1-3-6-13-11-7-10(8-12)5-4-9(11)2;2*1-2/h4-5,7-8H,3,6H2,1-2H3;1-2H3;1H2. The summed E-state index contributed by atoms with van der Waals surface area (Å²) in [5.74, 6) is 0.812. The van der Waals surface area contributed by atoms with Gasteiger partial charge in [0.15, 0.2) is 0 Å². The Balaban J connectivity index is 0. The zero-order valence-electron chi connectivity index (χ0n) is 11.2. The number of hydrogen-bond donors (Lipinski definition) is 0. The predicted molar refractivity (Wildman–Crippen MR) is 70.8 cm³/mol. The molecule has 0 heterocycles. The molecule has 0 aliphatic heterocycles. The van der Waals surface area contributed by atoms with E-state index in [2.05, 4.69) is 6.92 Å². The van der Waals surface area contributed by atoms with Crippen molar-refractivity contribution < 1.29 is 14.3 Å². The molecule has 1 aromatic carbocycles. The molecule has 1 aromatic rings. The molecule has 0 saturated heterocycles. The lowest BCUT2D eigenvalue weighted by molar-refractivity contribution is -0.0979. The van der Waals surface area contributed by atoms with Gasteiger partial charge in [-0.05, 0) is 25.0 Å². The molecule has 0 unspecified atom stereocenters. The van der Waals surface area contributed by atoms with Gasteiger partial charge in [0.2, 0.25) is 0 Å². The Morgan fingerprint density at radius 2 is 1.88 bits per heavy atom. The van der Waals surface area contributed by atoms with Gasteiger partial charge >= 0.3 is 0 Å². The van der Waals surface area contributed by atoms with Gasteiger partial charge < -0.3 is 9.53 Å². The summed E-state index contributed by atoms with van der Waals surface area (Å²) < 4.78 is 5.47. The maximum absolute atomic E-state index is 10.5. The number of aldehydes is 1. The fourth-order valence-corrected chi connectivity index (χ4v) is 1.06. The number of hydrogen-bond acceptors (Lipinski definition) is 3. The number of carbonyl (C=O) groups excluding carboxylic acids is 2. The van der Waals surface area contributed by atoms with Crippen molar-refractivity contribution in [3.05, 3.63) is 29.3 Å². The molecule has 0 aromatic heterocycles. The van der Waals surface area contributed by atoms with Crippen LogP contribution in [0.4, 0.5) is 0 Å². The van der Waals surface area contributed by atoms with Crippen molar-refractivity contribution in [1.82, 2.24) is 0 Å². The number of aryl methyl sites for hydroxylation is 1. The molecule has 0 atom stereocenters. The van der Waals surface area contributed by atoms with E-state index in [9.17, 15) is 4.79 Å². The van der Waals surface area contributed by atoms with Crippen molar-refractivity contribution in [2.45, 2.75) is 34.1 Å². The predicted octanol–water partition coefficient (Wildman–Crippen LogP) is 3.44. The second-order valence-corrected chi connectivity index (χ2v) is 2.99. The Bertz CT molecular complexity index is 308. The number of ether oxygens (including phenoxy) is 1. The Kier molecular flexibility index (Phi) is 13.0. The van der Waals surface area contributed by atoms with Gasteiger partial charge in [0.25, 0.3) is 0 Å². The molecule has 0 aliphatic rings. The van der Waals surface area contributed by atoms with Gasteiger partial charge in [-0.25, -0.2) is 0 Å². The van der Waals surface area contributed by atoms with Crippen molar-refractivity contribution in [3.8, 4) is 5.75 Å². The SMILES string of the molecule is C=O.CC.CCCOc1cc(C=O)ccc1C. The highest BCUT2D eigenvalue weighted by molar-refractivity contribution is 5.75. The van der Waals surface area contributed by atoms with Crippen LogP contribution in [-0.4, -0.2) is 19.7 Å². The molecular weight excluding hydrogens is 216 g/mol. The average molecular weight is 238 g/mol. The molecule has 1 rings (SSSR count). The third-order valence-corrected chi connectivity index (χ3v) is 1.81. The molecule has 0 N–H and O–H groups in total. The summed E-state index contributed by atoms with van der Waals surface area (Å²) >= 11 is 0. The highest BCUT2D eigenvalue weighted by Gasteiger charge is 1.99. The first-order chi connectivity index (χ1) is 8.27. The van der Waals surface area contributed by atoms with Gasteiger partial charge in [-0.15, -0.1) is 0 Å². The van der Waals surface area contributed by atoms with Crippen molar-refractivity contribution in [1.29, 1.82) is 0 Å². The fraction of sp³-hybridized carbons (Fsp3) is 0.429.